The van der Waals surface area contributed by atoms with Crippen LogP contribution in [0.25, 0.3) is 0 Å². The molecule has 1 heterocycles. The predicted molar refractivity (Wildman–Crippen MR) is 101 cm³/mol. The fourth-order valence-corrected chi connectivity index (χ4v) is 5.09. The molecule has 1 aliphatic heterocycles. The highest BCUT2D eigenvalue weighted by Gasteiger charge is 2.31. The van der Waals surface area contributed by atoms with Crippen LogP contribution in [0.3, 0.4) is 0 Å². The molecule has 0 amide bonds. The zero-order chi connectivity index (χ0) is 19.4. The lowest BCUT2D eigenvalue weighted by Gasteiger charge is -2.32. The number of rotatable bonds is 6. The molecule has 5 nitrogen and oxygen atoms in total. The van der Waals surface area contributed by atoms with Crippen molar-refractivity contribution < 1.29 is 22.3 Å². The van der Waals surface area contributed by atoms with Crippen molar-refractivity contribution >= 4 is 10.0 Å². The highest BCUT2D eigenvalue weighted by atomic mass is 32.2. The number of methoxy groups -OCH3 is 1. The van der Waals surface area contributed by atoms with Crippen molar-refractivity contribution in [2.45, 2.75) is 24.7 Å². The van der Waals surface area contributed by atoms with E-state index in [4.69, 9.17) is 9.47 Å². The van der Waals surface area contributed by atoms with Crippen LogP contribution in [0.5, 0.6) is 11.5 Å². The molecule has 2 aromatic rings. The first-order chi connectivity index (χ1) is 12.9. The smallest absolute Gasteiger partial charge is 0.243 e. The minimum atomic E-state index is -3.59. The lowest BCUT2D eigenvalue weighted by atomic mass is 10.0. The van der Waals surface area contributed by atoms with Crippen LogP contribution >= 0.6 is 0 Å². The zero-order valence-electron chi connectivity index (χ0n) is 15.5. The molecule has 146 valence electrons. The van der Waals surface area contributed by atoms with Crippen molar-refractivity contribution in [1.29, 1.82) is 0 Å². The van der Waals surface area contributed by atoms with Crippen LogP contribution in [0.15, 0.2) is 47.4 Å². The van der Waals surface area contributed by atoms with Crippen molar-refractivity contribution in [3.8, 4) is 11.5 Å². The van der Waals surface area contributed by atoms with Crippen molar-refractivity contribution in [3.05, 3.63) is 53.8 Å². The van der Waals surface area contributed by atoms with E-state index in [-0.39, 0.29) is 18.3 Å². The summed E-state index contributed by atoms with van der Waals surface area (Å²) in [4.78, 5) is 0.291. The van der Waals surface area contributed by atoms with Gasteiger partial charge in [-0.05, 0) is 55.7 Å². The summed E-state index contributed by atoms with van der Waals surface area (Å²) in [6.45, 7) is 2.89. The van der Waals surface area contributed by atoms with Gasteiger partial charge in [-0.15, -0.1) is 0 Å². The monoisotopic (exact) mass is 393 g/mol. The van der Waals surface area contributed by atoms with Crippen LogP contribution in [-0.4, -0.2) is 39.5 Å². The number of aryl methyl sites for hydroxylation is 1. The fraction of sp³-hybridized carbons (Fsp3) is 0.400. The maximum absolute atomic E-state index is 13.7. The molecule has 0 saturated carbocycles. The van der Waals surface area contributed by atoms with Gasteiger partial charge >= 0.3 is 0 Å². The van der Waals surface area contributed by atoms with E-state index in [9.17, 15) is 12.8 Å². The van der Waals surface area contributed by atoms with Crippen LogP contribution in [0.1, 0.15) is 18.4 Å². The third-order valence-corrected chi connectivity index (χ3v) is 6.82. The van der Waals surface area contributed by atoms with Gasteiger partial charge in [0.2, 0.25) is 10.0 Å². The number of nitrogens with zero attached hydrogens (tertiary/aromatic N) is 1. The zero-order valence-corrected chi connectivity index (χ0v) is 16.3. The topological polar surface area (TPSA) is 55.8 Å². The summed E-state index contributed by atoms with van der Waals surface area (Å²) in [7, 11) is -2.04. The Kier molecular flexibility index (Phi) is 6.01. The van der Waals surface area contributed by atoms with Crippen LogP contribution in [-0.2, 0) is 10.0 Å². The van der Waals surface area contributed by atoms with Crippen LogP contribution in [0.4, 0.5) is 4.39 Å². The summed E-state index contributed by atoms with van der Waals surface area (Å²) in [5.74, 6) is 0.433. The molecular weight excluding hydrogens is 369 g/mol. The molecule has 0 bridgehead atoms. The Labute approximate surface area is 159 Å². The van der Waals surface area contributed by atoms with Crippen LogP contribution < -0.4 is 9.47 Å². The van der Waals surface area contributed by atoms with Crippen LogP contribution in [0.2, 0.25) is 0 Å². The maximum atomic E-state index is 13.7. The van der Waals surface area contributed by atoms with Crippen molar-refractivity contribution in [1.82, 2.24) is 4.31 Å². The molecule has 0 radical (unpaired) electrons. The maximum Gasteiger partial charge on any atom is 0.243 e. The quantitative estimate of drug-likeness (QED) is 0.752. The molecule has 3 rings (SSSR count). The van der Waals surface area contributed by atoms with E-state index in [1.54, 1.807) is 50.4 Å². The van der Waals surface area contributed by atoms with Gasteiger partial charge in [0.05, 0.1) is 18.6 Å². The Morgan fingerprint density at radius 2 is 2.00 bits per heavy atom. The molecule has 0 spiro atoms. The van der Waals surface area contributed by atoms with Gasteiger partial charge in [0.15, 0.2) is 11.6 Å². The molecule has 27 heavy (non-hydrogen) atoms. The number of piperidine rings is 1. The largest absolute Gasteiger partial charge is 0.497 e. The van der Waals surface area contributed by atoms with E-state index < -0.39 is 15.8 Å². The van der Waals surface area contributed by atoms with E-state index in [1.165, 1.54) is 10.4 Å². The number of sulfonamides is 1. The number of hydrogen-bond donors (Lipinski definition) is 0. The third-order valence-electron chi connectivity index (χ3n) is 4.79. The summed E-state index contributed by atoms with van der Waals surface area (Å²) in [5.41, 5.74) is 0.652. The molecule has 0 aliphatic carbocycles. The van der Waals surface area contributed by atoms with Gasteiger partial charge in [0, 0.05) is 19.0 Å². The van der Waals surface area contributed by atoms with E-state index >= 15 is 0 Å². The van der Waals surface area contributed by atoms with E-state index in [2.05, 4.69) is 0 Å². The fourth-order valence-electron chi connectivity index (χ4n) is 3.33. The molecule has 1 unspecified atom stereocenters. The van der Waals surface area contributed by atoms with Crippen molar-refractivity contribution in [2.24, 2.45) is 5.92 Å². The lowest BCUT2D eigenvalue weighted by Crippen LogP contribution is -2.41. The third kappa shape index (κ3) is 4.42. The van der Waals surface area contributed by atoms with Gasteiger partial charge in [0.1, 0.15) is 5.75 Å². The Morgan fingerprint density at radius 3 is 2.70 bits per heavy atom. The van der Waals surface area contributed by atoms with Crippen molar-refractivity contribution in [3.63, 3.8) is 0 Å². The highest BCUT2D eigenvalue weighted by Crippen LogP contribution is 2.28. The summed E-state index contributed by atoms with van der Waals surface area (Å²) in [5, 5.41) is 0. The summed E-state index contributed by atoms with van der Waals surface area (Å²) >= 11 is 0. The first-order valence-corrected chi connectivity index (χ1v) is 10.4. The summed E-state index contributed by atoms with van der Waals surface area (Å²) in [6.07, 6.45) is 1.60. The molecule has 7 heteroatoms. The minimum Gasteiger partial charge on any atom is -0.497 e. The highest BCUT2D eigenvalue weighted by molar-refractivity contribution is 7.89. The van der Waals surface area contributed by atoms with Crippen LogP contribution in [0, 0.1) is 18.7 Å². The van der Waals surface area contributed by atoms with Crippen molar-refractivity contribution in [2.75, 3.05) is 26.8 Å². The average molecular weight is 393 g/mol. The Morgan fingerprint density at radius 1 is 1.22 bits per heavy atom. The number of halogens is 1. The number of ether oxygens (including phenoxy) is 2. The normalized spacial score (nSPS) is 18.3. The predicted octanol–water partition coefficient (Wildman–Crippen LogP) is 3.62. The number of benzene rings is 2. The first kappa shape index (κ1) is 19.6. The first-order valence-electron chi connectivity index (χ1n) is 8.94. The van der Waals surface area contributed by atoms with Gasteiger partial charge in [-0.3, -0.25) is 0 Å². The van der Waals surface area contributed by atoms with E-state index in [1.807, 2.05) is 0 Å². The SMILES string of the molecule is COc1ccc(S(=O)(=O)N2CCCC(COc3ccccc3F)C2)c(C)c1. The molecular formula is C20H24FNO4S. The minimum absolute atomic E-state index is 0.0201. The van der Waals surface area contributed by atoms with E-state index in [0.29, 0.717) is 29.3 Å². The van der Waals surface area contributed by atoms with Gasteiger partial charge in [-0.2, -0.15) is 4.31 Å². The van der Waals surface area contributed by atoms with Gasteiger partial charge < -0.3 is 9.47 Å². The molecule has 1 fully saturated rings. The summed E-state index contributed by atoms with van der Waals surface area (Å²) < 4.78 is 52.1. The van der Waals surface area contributed by atoms with Gasteiger partial charge in [0.25, 0.3) is 0 Å². The average Bonchev–Trinajstić information content (AvgIpc) is 2.67. The molecule has 1 aliphatic rings. The van der Waals surface area contributed by atoms with E-state index in [0.717, 1.165) is 12.8 Å². The number of hydrogen-bond acceptors (Lipinski definition) is 4. The Balaban J connectivity index is 1.70. The molecule has 0 aromatic heterocycles. The molecule has 0 N–H and O–H groups in total. The molecule has 1 atom stereocenters. The van der Waals surface area contributed by atoms with Gasteiger partial charge in [-0.1, -0.05) is 12.1 Å². The number of para-hydroxylation sites is 1. The Bertz CT molecular complexity index is 901. The standard InChI is InChI=1S/C20H24FNO4S/c1-15-12-17(25-2)9-10-20(15)27(23,24)22-11-5-6-16(13-22)14-26-19-8-4-3-7-18(19)21/h3-4,7-10,12,16H,5-6,11,13-14H2,1-2H3. The molecule has 2 aromatic carbocycles. The summed E-state index contributed by atoms with van der Waals surface area (Å²) in [6, 6.07) is 11.2. The second-order valence-electron chi connectivity index (χ2n) is 6.74. The second kappa shape index (κ2) is 8.27. The lowest BCUT2D eigenvalue weighted by molar-refractivity contribution is 0.176. The Hall–Kier alpha value is -2.12. The molecule has 1 saturated heterocycles. The second-order valence-corrected chi connectivity index (χ2v) is 8.65. The van der Waals surface area contributed by atoms with Gasteiger partial charge in [-0.25, -0.2) is 12.8 Å².